The van der Waals surface area contributed by atoms with Crippen molar-refractivity contribution in [3.8, 4) is 11.5 Å². The fraction of sp³-hybridized carbons (Fsp3) is 0.167. The summed E-state index contributed by atoms with van der Waals surface area (Å²) in [6, 6.07) is 9.34. The quantitative estimate of drug-likeness (QED) is 0.289. The summed E-state index contributed by atoms with van der Waals surface area (Å²) >= 11 is 3.41. The number of carbonyl (C=O) groups is 1. The van der Waals surface area contributed by atoms with Crippen LogP contribution in [0.2, 0.25) is 0 Å². The van der Waals surface area contributed by atoms with E-state index < -0.39 is 10.7 Å². The molecule has 2 aromatic rings. The van der Waals surface area contributed by atoms with Gasteiger partial charge in [-0.05, 0) is 52.7 Å². The van der Waals surface area contributed by atoms with E-state index in [1.165, 1.54) is 31.4 Å². The molecule has 0 amide bonds. The number of hydrogen-bond donors (Lipinski definition) is 0. The van der Waals surface area contributed by atoms with E-state index in [9.17, 15) is 14.9 Å². The summed E-state index contributed by atoms with van der Waals surface area (Å²) in [5.74, 6) is 0.650. The average molecular weight is 406 g/mol. The maximum Gasteiger partial charge on any atom is 0.280 e. The van der Waals surface area contributed by atoms with Crippen molar-refractivity contribution < 1.29 is 19.2 Å². The second-order valence-corrected chi connectivity index (χ2v) is 5.79. The zero-order valence-corrected chi connectivity index (χ0v) is 15.3. The fourth-order valence-electron chi connectivity index (χ4n) is 2.22. The van der Waals surface area contributed by atoms with Gasteiger partial charge in [0.2, 0.25) is 0 Å². The number of methoxy groups -OCH3 is 1. The van der Waals surface area contributed by atoms with Gasteiger partial charge in [0.1, 0.15) is 0 Å². The minimum atomic E-state index is -0.572. The molecule has 0 atom stereocenters. The van der Waals surface area contributed by atoms with Gasteiger partial charge in [0, 0.05) is 6.07 Å². The molecule has 0 bridgehead atoms. The third-order valence-corrected chi connectivity index (χ3v) is 3.92. The van der Waals surface area contributed by atoms with Gasteiger partial charge in [-0.3, -0.25) is 14.9 Å². The third-order valence-electron chi connectivity index (χ3n) is 3.33. The molecule has 6 nitrogen and oxygen atoms in total. The number of nitro benzene ring substituents is 1. The topological polar surface area (TPSA) is 78.7 Å². The Kier molecular flexibility index (Phi) is 6.30. The Hall–Kier alpha value is -2.67. The van der Waals surface area contributed by atoms with Crippen LogP contribution in [0.3, 0.4) is 0 Å². The number of nitrogens with zero attached hydrogens (tertiary/aromatic N) is 1. The smallest absolute Gasteiger partial charge is 0.280 e. The molecule has 0 spiro atoms. The summed E-state index contributed by atoms with van der Waals surface area (Å²) in [7, 11) is 1.52. The summed E-state index contributed by atoms with van der Waals surface area (Å²) in [6.07, 6.45) is 2.87. The molecular formula is C18H16BrNO5. The Labute approximate surface area is 153 Å². The van der Waals surface area contributed by atoms with Gasteiger partial charge in [-0.1, -0.05) is 18.2 Å². The number of allylic oxidation sites excluding steroid dienone is 1. The predicted octanol–water partition coefficient (Wildman–Crippen LogP) is 4.66. The zero-order chi connectivity index (χ0) is 18.4. The van der Waals surface area contributed by atoms with Gasteiger partial charge in [-0.2, -0.15) is 0 Å². The van der Waals surface area contributed by atoms with Crippen LogP contribution in [0.25, 0.3) is 6.08 Å². The lowest BCUT2D eigenvalue weighted by molar-refractivity contribution is -0.385. The second kappa shape index (κ2) is 8.43. The van der Waals surface area contributed by atoms with Crippen molar-refractivity contribution in [1.82, 2.24) is 0 Å². The molecule has 0 radical (unpaired) electrons. The number of nitro groups is 1. The van der Waals surface area contributed by atoms with E-state index >= 15 is 0 Å². The van der Waals surface area contributed by atoms with E-state index in [2.05, 4.69) is 15.9 Å². The van der Waals surface area contributed by atoms with Gasteiger partial charge in [-0.25, -0.2) is 0 Å². The first-order chi connectivity index (χ1) is 12.0. The van der Waals surface area contributed by atoms with Crippen LogP contribution in [0, 0.1) is 10.1 Å². The molecule has 2 aromatic carbocycles. The maximum atomic E-state index is 12.3. The lowest BCUT2D eigenvalue weighted by Gasteiger charge is -2.12. The van der Waals surface area contributed by atoms with Crippen molar-refractivity contribution in [3.05, 3.63) is 68.2 Å². The molecule has 2 rings (SSSR count). The summed E-state index contributed by atoms with van der Waals surface area (Å²) in [4.78, 5) is 22.7. The van der Waals surface area contributed by atoms with Gasteiger partial charge in [0.05, 0.1) is 28.7 Å². The number of benzene rings is 2. The van der Waals surface area contributed by atoms with E-state index in [1.807, 2.05) is 6.92 Å². The third kappa shape index (κ3) is 4.45. The van der Waals surface area contributed by atoms with Crippen LogP contribution in [0.1, 0.15) is 22.8 Å². The van der Waals surface area contributed by atoms with E-state index in [0.29, 0.717) is 28.1 Å². The Morgan fingerprint density at radius 2 is 2.04 bits per heavy atom. The summed E-state index contributed by atoms with van der Waals surface area (Å²) < 4.78 is 11.5. The molecule has 0 aromatic heterocycles. The number of ether oxygens (including phenoxy) is 2. The molecule has 0 aliphatic heterocycles. The normalized spacial score (nSPS) is 10.7. The van der Waals surface area contributed by atoms with Crippen LogP contribution < -0.4 is 9.47 Å². The van der Waals surface area contributed by atoms with Crippen molar-refractivity contribution in [2.24, 2.45) is 0 Å². The number of carbonyl (C=O) groups excluding carboxylic acids is 1. The van der Waals surface area contributed by atoms with Crippen LogP contribution in [0.5, 0.6) is 11.5 Å². The molecule has 0 unspecified atom stereocenters. The van der Waals surface area contributed by atoms with Crippen molar-refractivity contribution >= 4 is 33.5 Å². The second-order valence-electron chi connectivity index (χ2n) is 4.94. The number of rotatable bonds is 7. The monoisotopic (exact) mass is 405 g/mol. The lowest BCUT2D eigenvalue weighted by atomic mass is 10.1. The van der Waals surface area contributed by atoms with Crippen LogP contribution in [-0.2, 0) is 0 Å². The molecule has 0 heterocycles. The van der Waals surface area contributed by atoms with Crippen LogP contribution in [-0.4, -0.2) is 24.4 Å². The summed E-state index contributed by atoms with van der Waals surface area (Å²) in [6.45, 7) is 2.35. The summed E-state index contributed by atoms with van der Waals surface area (Å²) in [5, 5.41) is 11.0. The molecule has 0 aliphatic carbocycles. The first-order valence-corrected chi connectivity index (χ1v) is 8.23. The van der Waals surface area contributed by atoms with Crippen LogP contribution >= 0.6 is 15.9 Å². The fourth-order valence-corrected chi connectivity index (χ4v) is 2.80. The minimum Gasteiger partial charge on any atom is -0.493 e. The van der Waals surface area contributed by atoms with Gasteiger partial charge in [-0.15, -0.1) is 0 Å². The molecule has 0 aliphatic rings. The highest BCUT2D eigenvalue weighted by Gasteiger charge is 2.17. The van der Waals surface area contributed by atoms with Crippen molar-refractivity contribution in [1.29, 1.82) is 0 Å². The molecule has 130 valence electrons. The molecule has 25 heavy (non-hydrogen) atoms. The Morgan fingerprint density at radius 1 is 1.32 bits per heavy atom. The zero-order valence-electron chi connectivity index (χ0n) is 13.7. The number of ketones is 1. The molecule has 0 fully saturated rings. The number of hydrogen-bond acceptors (Lipinski definition) is 5. The first kappa shape index (κ1) is 18.7. The van der Waals surface area contributed by atoms with Gasteiger partial charge in [0.25, 0.3) is 5.69 Å². The van der Waals surface area contributed by atoms with Gasteiger partial charge in [0.15, 0.2) is 17.3 Å². The maximum absolute atomic E-state index is 12.3. The van der Waals surface area contributed by atoms with Crippen LogP contribution in [0.15, 0.2) is 46.9 Å². The van der Waals surface area contributed by atoms with Crippen molar-refractivity contribution in [2.75, 3.05) is 13.7 Å². The van der Waals surface area contributed by atoms with Crippen molar-refractivity contribution in [2.45, 2.75) is 6.92 Å². The van der Waals surface area contributed by atoms with E-state index in [4.69, 9.17) is 9.47 Å². The predicted molar refractivity (Wildman–Crippen MR) is 98.3 cm³/mol. The van der Waals surface area contributed by atoms with Gasteiger partial charge >= 0.3 is 0 Å². The highest BCUT2D eigenvalue weighted by molar-refractivity contribution is 9.10. The average Bonchev–Trinajstić information content (AvgIpc) is 2.61. The van der Waals surface area contributed by atoms with Crippen molar-refractivity contribution in [3.63, 3.8) is 0 Å². The molecule has 0 saturated heterocycles. The van der Waals surface area contributed by atoms with Gasteiger partial charge < -0.3 is 9.47 Å². The van der Waals surface area contributed by atoms with E-state index in [1.54, 1.807) is 24.3 Å². The minimum absolute atomic E-state index is 0.0423. The first-order valence-electron chi connectivity index (χ1n) is 7.44. The van der Waals surface area contributed by atoms with Crippen LogP contribution in [0.4, 0.5) is 5.69 Å². The van der Waals surface area contributed by atoms with E-state index in [-0.39, 0.29) is 11.3 Å². The SMILES string of the molecule is CCOc1c(Br)cc(/C=C/C(=O)c2ccccc2[N+](=O)[O-])cc1OC. The summed E-state index contributed by atoms with van der Waals surface area (Å²) in [5.41, 5.74) is 0.516. The standard InChI is InChI=1S/C18H16BrNO5/c1-3-25-18-14(19)10-12(11-17(18)24-2)8-9-16(21)13-6-4-5-7-15(13)20(22)23/h4-11H,3H2,1-2H3/b9-8+. The largest absolute Gasteiger partial charge is 0.493 e. The Balaban J connectivity index is 2.32. The number of halogens is 1. The molecule has 7 heteroatoms. The van der Waals surface area contributed by atoms with E-state index in [0.717, 1.165) is 0 Å². The lowest BCUT2D eigenvalue weighted by Crippen LogP contribution is -2.00. The molecule has 0 N–H and O–H groups in total. The Bertz CT molecular complexity index is 832. The highest BCUT2D eigenvalue weighted by atomic mass is 79.9. The molecular weight excluding hydrogens is 390 g/mol. The number of para-hydroxylation sites is 1. The highest BCUT2D eigenvalue weighted by Crippen LogP contribution is 2.37. The Morgan fingerprint density at radius 3 is 2.68 bits per heavy atom. The molecule has 0 saturated carbocycles.